The molecule has 1 amide bonds. The summed E-state index contributed by atoms with van der Waals surface area (Å²) in [5.74, 6) is 0.0863. The number of nitrogens with one attached hydrogen (secondary N) is 2. The topological polar surface area (TPSA) is 106 Å². The van der Waals surface area contributed by atoms with Gasteiger partial charge in [-0.15, -0.1) is 8.78 Å². The Kier molecular flexibility index (Phi) is 8.07. The number of aliphatic hydroxyl groups excluding tert-OH is 1. The lowest BCUT2D eigenvalue weighted by Crippen LogP contribution is -2.51. The molecule has 5 rings (SSSR count). The van der Waals surface area contributed by atoms with Crippen molar-refractivity contribution in [2.45, 2.75) is 18.1 Å². The number of aromatic nitrogens is 2. The van der Waals surface area contributed by atoms with Gasteiger partial charge in [0.15, 0.2) is 5.82 Å². The summed E-state index contributed by atoms with van der Waals surface area (Å²) in [6.07, 6.45) is 5.08. The summed E-state index contributed by atoms with van der Waals surface area (Å²) < 4.78 is 30.1. The normalized spacial score (nSPS) is 18.2. The van der Waals surface area contributed by atoms with Crippen molar-refractivity contribution in [3.63, 3.8) is 0 Å². The number of alkyl halides is 3. The second kappa shape index (κ2) is 11.7. The van der Waals surface area contributed by atoms with Crippen LogP contribution >= 0.6 is 11.6 Å². The predicted octanol–water partition coefficient (Wildman–Crippen LogP) is 3.43. The number of aliphatic hydroxyl groups is 1. The lowest BCUT2D eigenvalue weighted by atomic mass is 10.2. The van der Waals surface area contributed by atoms with Crippen molar-refractivity contribution >= 4 is 40.4 Å². The van der Waals surface area contributed by atoms with Crippen LogP contribution in [0.3, 0.4) is 0 Å². The molecule has 2 aliphatic heterocycles. The van der Waals surface area contributed by atoms with Gasteiger partial charge in [-0.25, -0.2) is 9.99 Å². The number of carbonyl (C=O) groups excluding carboxylic acids is 1. The number of carbonyl (C=O) groups is 1. The third-order valence-corrected chi connectivity index (χ3v) is 6.51. The lowest BCUT2D eigenvalue weighted by Gasteiger charge is -2.40. The minimum absolute atomic E-state index is 0.141. The van der Waals surface area contributed by atoms with Crippen LogP contribution < -0.4 is 25.3 Å². The number of pyridine rings is 2. The number of ether oxygens (including phenoxy) is 1. The van der Waals surface area contributed by atoms with Crippen LogP contribution in [0.4, 0.5) is 31.7 Å². The van der Waals surface area contributed by atoms with Crippen LogP contribution in [0.5, 0.6) is 5.75 Å². The van der Waals surface area contributed by atoms with Gasteiger partial charge in [-0.3, -0.25) is 14.8 Å². The molecule has 10 nitrogen and oxygen atoms in total. The van der Waals surface area contributed by atoms with E-state index in [0.717, 1.165) is 31.9 Å². The largest absolute Gasteiger partial charge is 0.487 e. The van der Waals surface area contributed by atoms with Gasteiger partial charge in [0.25, 0.3) is 5.91 Å². The molecule has 3 N–H and O–H groups in total. The maximum Gasteiger partial charge on any atom is 0.487 e. The van der Waals surface area contributed by atoms with Gasteiger partial charge in [-0.1, -0.05) is 0 Å². The Balaban J connectivity index is 1.48. The highest BCUT2D eigenvalue weighted by Gasteiger charge is 2.30. The minimum atomic E-state index is -3.83. The fraction of sp³-hybridized carbons (Fsp3) is 0.346. The number of piperazine rings is 1. The molecule has 0 saturated carbocycles. The van der Waals surface area contributed by atoms with Gasteiger partial charge in [0.2, 0.25) is 0 Å². The molecular weight excluding hydrogens is 532 g/mol. The van der Waals surface area contributed by atoms with Gasteiger partial charge in [0.1, 0.15) is 11.4 Å². The Bertz CT molecular complexity index is 1270. The molecule has 4 heterocycles. The maximum absolute atomic E-state index is 13.3. The zero-order valence-corrected chi connectivity index (χ0v) is 21.7. The van der Waals surface area contributed by atoms with E-state index in [2.05, 4.69) is 30.3 Å². The number of hydrogen-bond acceptors (Lipinski definition) is 9. The average Bonchev–Trinajstić information content (AvgIpc) is 3.36. The standard InChI is InChI=1S/C26H28ClF2N7O3/c27-26(28,29)39-22-3-1-19(2-4-22)33-25(38)18-15-23(24(32-16-18)34-12-7-21(37)17-34)36(20-5-8-30-9-6-20)35-13-10-31-11-14-35/h1-6,8-9,15-16,21,31,37H,7,10-14,17H2,(H,33,38)/t21-/m1/s1. The first kappa shape index (κ1) is 27.0. The van der Waals surface area contributed by atoms with Crippen LogP contribution in [-0.4, -0.2) is 76.9 Å². The molecule has 0 bridgehead atoms. The summed E-state index contributed by atoms with van der Waals surface area (Å²) >= 11 is 4.82. The van der Waals surface area contributed by atoms with E-state index in [-0.39, 0.29) is 5.75 Å². The first-order valence-electron chi connectivity index (χ1n) is 12.5. The molecule has 2 aromatic heterocycles. The number of amides is 1. The Hall–Kier alpha value is -3.58. The molecule has 0 aliphatic carbocycles. The Morgan fingerprint density at radius 3 is 2.51 bits per heavy atom. The summed E-state index contributed by atoms with van der Waals surface area (Å²) in [5.41, 5.74) is -1.59. The van der Waals surface area contributed by atoms with Crippen molar-refractivity contribution < 1.29 is 23.4 Å². The molecule has 1 atom stereocenters. The molecule has 2 fully saturated rings. The van der Waals surface area contributed by atoms with Gasteiger partial charge in [-0.05, 0) is 48.9 Å². The molecule has 0 unspecified atom stereocenters. The fourth-order valence-electron chi connectivity index (χ4n) is 4.64. The van der Waals surface area contributed by atoms with E-state index in [0.29, 0.717) is 42.3 Å². The summed E-state index contributed by atoms with van der Waals surface area (Å²) in [6.45, 7) is 4.12. The van der Waals surface area contributed by atoms with Crippen molar-refractivity contribution in [2.75, 3.05) is 54.5 Å². The Morgan fingerprint density at radius 2 is 1.87 bits per heavy atom. The van der Waals surface area contributed by atoms with E-state index in [4.69, 9.17) is 11.6 Å². The van der Waals surface area contributed by atoms with Crippen LogP contribution in [0.15, 0.2) is 61.1 Å². The number of benzene rings is 1. The summed E-state index contributed by atoms with van der Waals surface area (Å²) in [7, 11) is 0. The third kappa shape index (κ3) is 6.71. The van der Waals surface area contributed by atoms with E-state index < -0.39 is 17.6 Å². The minimum Gasteiger partial charge on any atom is -0.420 e. The van der Waals surface area contributed by atoms with Crippen LogP contribution in [0.25, 0.3) is 0 Å². The SMILES string of the molecule is O=C(Nc1ccc(OC(F)(F)Cl)cc1)c1cnc(N2CC[C@@H](O)C2)c(N(c2ccncc2)N2CCNCC2)c1. The molecule has 206 valence electrons. The quantitative estimate of drug-likeness (QED) is 0.358. The molecule has 2 saturated heterocycles. The van der Waals surface area contributed by atoms with E-state index in [1.807, 2.05) is 22.0 Å². The molecule has 39 heavy (non-hydrogen) atoms. The van der Waals surface area contributed by atoms with Gasteiger partial charge in [-0.2, -0.15) is 0 Å². The van der Waals surface area contributed by atoms with Crippen LogP contribution in [0.2, 0.25) is 0 Å². The van der Waals surface area contributed by atoms with Crippen molar-refractivity contribution in [2.24, 2.45) is 0 Å². The number of hydrazine groups is 1. The van der Waals surface area contributed by atoms with Crippen molar-refractivity contribution in [1.82, 2.24) is 20.3 Å². The second-order valence-electron chi connectivity index (χ2n) is 9.20. The highest BCUT2D eigenvalue weighted by Crippen LogP contribution is 2.37. The van der Waals surface area contributed by atoms with Crippen molar-refractivity contribution in [3.8, 4) is 5.75 Å². The number of halogens is 3. The summed E-state index contributed by atoms with van der Waals surface area (Å²) in [6, 6.07) is 11.0. The third-order valence-electron chi connectivity index (χ3n) is 6.43. The number of β-amino-alcohol motifs (C(OH)–C–C–N with tert-alkyl or cyclic N) is 1. The zero-order valence-electron chi connectivity index (χ0n) is 20.9. The highest BCUT2D eigenvalue weighted by atomic mass is 35.5. The molecular formula is C26H28ClF2N7O3. The number of nitrogens with zero attached hydrogens (tertiary/aromatic N) is 5. The molecule has 0 radical (unpaired) electrons. The summed E-state index contributed by atoms with van der Waals surface area (Å²) in [5, 5.41) is 20.6. The molecule has 1 aromatic carbocycles. The molecule has 3 aromatic rings. The highest BCUT2D eigenvalue weighted by molar-refractivity contribution is 6.20. The summed E-state index contributed by atoms with van der Waals surface area (Å²) in [4.78, 5) is 24.1. The monoisotopic (exact) mass is 559 g/mol. The Morgan fingerprint density at radius 1 is 1.15 bits per heavy atom. The van der Waals surface area contributed by atoms with Crippen LogP contribution in [0, 0.1) is 0 Å². The van der Waals surface area contributed by atoms with Gasteiger partial charge in [0.05, 0.1) is 17.4 Å². The smallest absolute Gasteiger partial charge is 0.420 e. The first-order chi connectivity index (χ1) is 18.8. The molecule has 13 heteroatoms. The van der Waals surface area contributed by atoms with E-state index in [9.17, 15) is 18.7 Å². The van der Waals surface area contributed by atoms with E-state index in [1.165, 1.54) is 30.5 Å². The van der Waals surface area contributed by atoms with Crippen molar-refractivity contribution in [1.29, 1.82) is 0 Å². The molecule has 2 aliphatic rings. The van der Waals surface area contributed by atoms with Gasteiger partial charge < -0.3 is 25.4 Å². The van der Waals surface area contributed by atoms with Crippen LogP contribution in [0.1, 0.15) is 16.8 Å². The first-order valence-corrected chi connectivity index (χ1v) is 12.9. The second-order valence-corrected chi connectivity index (χ2v) is 9.64. The fourth-order valence-corrected chi connectivity index (χ4v) is 4.73. The molecule has 0 spiro atoms. The zero-order chi connectivity index (χ0) is 27.4. The van der Waals surface area contributed by atoms with E-state index >= 15 is 0 Å². The van der Waals surface area contributed by atoms with Crippen molar-refractivity contribution in [3.05, 3.63) is 66.6 Å². The van der Waals surface area contributed by atoms with Crippen LogP contribution in [-0.2, 0) is 0 Å². The lowest BCUT2D eigenvalue weighted by molar-refractivity contribution is -0.0964. The Labute approximate surface area is 229 Å². The number of hydrogen-bond donors (Lipinski definition) is 3. The number of rotatable bonds is 8. The maximum atomic E-state index is 13.3. The van der Waals surface area contributed by atoms with E-state index in [1.54, 1.807) is 18.5 Å². The average molecular weight is 560 g/mol. The van der Waals surface area contributed by atoms with Gasteiger partial charge in [0, 0.05) is 75.1 Å². The van der Waals surface area contributed by atoms with Gasteiger partial charge >= 0.3 is 5.57 Å². The predicted molar refractivity (Wildman–Crippen MR) is 144 cm³/mol. The number of anilines is 4.